The third kappa shape index (κ3) is 5.89. The fraction of sp³-hybridized carbons (Fsp3) is 0.320. The Labute approximate surface area is 199 Å². The van der Waals surface area contributed by atoms with Crippen molar-refractivity contribution in [3.63, 3.8) is 0 Å². The van der Waals surface area contributed by atoms with E-state index >= 15 is 0 Å². The van der Waals surface area contributed by atoms with E-state index in [4.69, 9.17) is 20.6 Å². The summed E-state index contributed by atoms with van der Waals surface area (Å²) in [5.41, 5.74) is 9.90. The molecule has 0 aliphatic heterocycles. The quantitative estimate of drug-likeness (QED) is 0.364. The first kappa shape index (κ1) is 26.0. The number of aliphatic carboxylic acids is 1. The van der Waals surface area contributed by atoms with Gasteiger partial charge in [0.2, 0.25) is 0 Å². The van der Waals surface area contributed by atoms with Crippen molar-refractivity contribution >= 4 is 27.9 Å². The SMILES string of the molecule is CCn1cc(-c2nc3ccccc3n(CCCCCN)c2=O)c2ccccc21.O=C(O)C(F)(F)F. The minimum Gasteiger partial charge on any atom is -0.475 e. The van der Waals surface area contributed by atoms with Gasteiger partial charge in [0.1, 0.15) is 5.69 Å². The highest BCUT2D eigenvalue weighted by atomic mass is 19.4. The van der Waals surface area contributed by atoms with Crippen LogP contribution in [0.2, 0.25) is 0 Å². The Balaban J connectivity index is 0.000000429. The molecular formula is C25H27F3N4O3. The lowest BCUT2D eigenvalue weighted by Gasteiger charge is -2.12. The Hall–Kier alpha value is -3.66. The monoisotopic (exact) mass is 488 g/mol. The van der Waals surface area contributed by atoms with Crippen molar-refractivity contribution in [3.05, 3.63) is 65.1 Å². The fourth-order valence-electron chi connectivity index (χ4n) is 3.88. The standard InChI is InChI=1S/C23H26N4O.C2HF3O2/c1-2-26-16-18(17-10-4-6-12-20(17)26)22-23(28)27(15-9-3-8-14-24)21-13-7-5-11-19(21)25-22;3-2(4,5)1(6)7/h4-7,10-13,16H,2-3,8-9,14-15,24H2,1H3;(H,6,7). The van der Waals surface area contributed by atoms with Crippen LogP contribution in [-0.4, -0.2) is 37.9 Å². The molecule has 0 saturated heterocycles. The number of aromatic nitrogens is 3. The van der Waals surface area contributed by atoms with Crippen molar-refractivity contribution in [1.29, 1.82) is 0 Å². The molecule has 10 heteroatoms. The largest absolute Gasteiger partial charge is 0.490 e. The normalized spacial score (nSPS) is 11.5. The van der Waals surface area contributed by atoms with Gasteiger partial charge in [-0.3, -0.25) is 4.79 Å². The molecule has 0 atom stereocenters. The molecule has 3 N–H and O–H groups in total. The smallest absolute Gasteiger partial charge is 0.475 e. The van der Waals surface area contributed by atoms with Crippen LogP contribution >= 0.6 is 0 Å². The number of nitrogens with zero attached hydrogens (tertiary/aromatic N) is 3. The lowest BCUT2D eigenvalue weighted by molar-refractivity contribution is -0.192. The van der Waals surface area contributed by atoms with Gasteiger partial charge in [0.05, 0.1) is 11.0 Å². The Kier molecular flexibility index (Phi) is 8.29. The Morgan fingerprint density at radius 2 is 1.66 bits per heavy atom. The first-order chi connectivity index (χ1) is 16.7. The summed E-state index contributed by atoms with van der Waals surface area (Å²) in [5, 5.41) is 8.19. The number of halogens is 3. The number of alkyl halides is 3. The third-order valence-electron chi connectivity index (χ3n) is 5.57. The molecule has 2 heterocycles. The molecule has 4 rings (SSSR count). The molecule has 0 bridgehead atoms. The fourth-order valence-corrected chi connectivity index (χ4v) is 3.88. The second-order valence-electron chi connectivity index (χ2n) is 7.90. The molecule has 2 aromatic heterocycles. The molecule has 0 radical (unpaired) electrons. The molecule has 0 amide bonds. The summed E-state index contributed by atoms with van der Waals surface area (Å²) in [6.45, 7) is 4.33. The van der Waals surface area contributed by atoms with E-state index in [2.05, 4.69) is 29.8 Å². The zero-order chi connectivity index (χ0) is 25.6. The van der Waals surface area contributed by atoms with Crippen molar-refractivity contribution in [2.75, 3.05) is 6.54 Å². The molecule has 0 saturated carbocycles. The van der Waals surface area contributed by atoms with Gasteiger partial charge in [-0.25, -0.2) is 9.78 Å². The summed E-state index contributed by atoms with van der Waals surface area (Å²) in [5.74, 6) is -2.76. The summed E-state index contributed by atoms with van der Waals surface area (Å²) in [6, 6.07) is 16.1. The third-order valence-corrected chi connectivity index (χ3v) is 5.57. The van der Waals surface area contributed by atoms with Crippen LogP contribution in [0.15, 0.2) is 59.5 Å². The average Bonchev–Trinajstić information content (AvgIpc) is 3.21. The van der Waals surface area contributed by atoms with Crippen molar-refractivity contribution in [2.24, 2.45) is 5.73 Å². The maximum atomic E-state index is 13.5. The van der Waals surface area contributed by atoms with Crippen LogP contribution in [-0.2, 0) is 17.9 Å². The van der Waals surface area contributed by atoms with Gasteiger partial charge in [0.15, 0.2) is 0 Å². The molecule has 0 spiro atoms. The number of nitrogens with two attached hydrogens (primary N) is 1. The van der Waals surface area contributed by atoms with Gasteiger partial charge in [0, 0.05) is 35.8 Å². The molecular weight excluding hydrogens is 461 g/mol. The van der Waals surface area contributed by atoms with Crippen LogP contribution in [0, 0.1) is 0 Å². The molecule has 0 aliphatic rings. The van der Waals surface area contributed by atoms with E-state index < -0.39 is 12.1 Å². The highest BCUT2D eigenvalue weighted by Crippen LogP contribution is 2.29. The second-order valence-corrected chi connectivity index (χ2v) is 7.90. The van der Waals surface area contributed by atoms with Gasteiger partial charge in [-0.2, -0.15) is 13.2 Å². The number of para-hydroxylation sites is 3. The zero-order valence-electron chi connectivity index (χ0n) is 19.3. The van der Waals surface area contributed by atoms with Crippen LogP contribution in [0.3, 0.4) is 0 Å². The summed E-state index contributed by atoms with van der Waals surface area (Å²) >= 11 is 0. The van der Waals surface area contributed by atoms with Crippen molar-refractivity contribution in [2.45, 2.75) is 45.5 Å². The minimum absolute atomic E-state index is 0.0227. The minimum atomic E-state index is -5.08. The van der Waals surface area contributed by atoms with Crippen LogP contribution in [0.25, 0.3) is 33.2 Å². The van der Waals surface area contributed by atoms with E-state index in [1.54, 1.807) is 0 Å². The lowest BCUT2D eigenvalue weighted by atomic mass is 10.1. The van der Waals surface area contributed by atoms with Gasteiger partial charge in [0.25, 0.3) is 5.56 Å². The predicted octanol–water partition coefficient (Wildman–Crippen LogP) is 4.80. The molecule has 2 aromatic carbocycles. The highest BCUT2D eigenvalue weighted by Gasteiger charge is 2.38. The number of carboxylic acids is 1. The van der Waals surface area contributed by atoms with Crippen LogP contribution in [0.5, 0.6) is 0 Å². The van der Waals surface area contributed by atoms with Crippen molar-refractivity contribution < 1.29 is 23.1 Å². The molecule has 0 unspecified atom stereocenters. The molecule has 4 aromatic rings. The summed E-state index contributed by atoms with van der Waals surface area (Å²) in [4.78, 5) is 27.1. The van der Waals surface area contributed by atoms with Crippen LogP contribution in [0.1, 0.15) is 26.2 Å². The second kappa shape index (κ2) is 11.2. The van der Waals surface area contributed by atoms with Crippen LogP contribution < -0.4 is 11.3 Å². The molecule has 35 heavy (non-hydrogen) atoms. The van der Waals surface area contributed by atoms with Gasteiger partial charge < -0.3 is 20.0 Å². The van der Waals surface area contributed by atoms with E-state index in [0.717, 1.165) is 53.3 Å². The molecule has 7 nitrogen and oxygen atoms in total. The predicted molar refractivity (Wildman–Crippen MR) is 129 cm³/mol. The summed E-state index contributed by atoms with van der Waals surface area (Å²) in [7, 11) is 0. The number of carboxylic acid groups (broad SMARTS) is 1. The van der Waals surface area contributed by atoms with Gasteiger partial charge >= 0.3 is 12.1 Å². The number of hydrogen-bond donors (Lipinski definition) is 2. The van der Waals surface area contributed by atoms with E-state index in [-0.39, 0.29) is 5.56 Å². The number of unbranched alkanes of at least 4 members (excludes halogenated alkanes) is 2. The Morgan fingerprint density at radius 1 is 1.03 bits per heavy atom. The average molecular weight is 489 g/mol. The first-order valence-corrected chi connectivity index (χ1v) is 11.3. The van der Waals surface area contributed by atoms with E-state index in [1.165, 1.54) is 0 Å². The number of aryl methyl sites for hydroxylation is 2. The zero-order valence-corrected chi connectivity index (χ0v) is 19.3. The van der Waals surface area contributed by atoms with E-state index in [1.807, 2.05) is 41.0 Å². The number of benzene rings is 2. The lowest BCUT2D eigenvalue weighted by Crippen LogP contribution is -2.24. The number of rotatable bonds is 7. The van der Waals surface area contributed by atoms with Crippen molar-refractivity contribution in [1.82, 2.24) is 14.1 Å². The summed E-state index contributed by atoms with van der Waals surface area (Å²) < 4.78 is 35.8. The summed E-state index contributed by atoms with van der Waals surface area (Å²) in [6.07, 6.45) is -0.0954. The van der Waals surface area contributed by atoms with Gasteiger partial charge in [-0.15, -0.1) is 0 Å². The number of fused-ring (bicyclic) bond motifs is 2. The molecule has 0 aliphatic carbocycles. The molecule has 0 fully saturated rings. The Bertz CT molecular complexity index is 1380. The van der Waals surface area contributed by atoms with E-state index in [0.29, 0.717) is 18.8 Å². The van der Waals surface area contributed by atoms with E-state index in [9.17, 15) is 18.0 Å². The topological polar surface area (TPSA) is 103 Å². The highest BCUT2D eigenvalue weighted by molar-refractivity contribution is 5.95. The van der Waals surface area contributed by atoms with Crippen molar-refractivity contribution in [3.8, 4) is 11.3 Å². The maximum Gasteiger partial charge on any atom is 0.490 e. The first-order valence-electron chi connectivity index (χ1n) is 11.3. The maximum absolute atomic E-state index is 13.5. The molecule has 186 valence electrons. The Morgan fingerprint density at radius 3 is 2.29 bits per heavy atom. The van der Waals surface area contributed by atoms with Gasteiger partial charge in [-0.1, -0.05) is 36.8 Å². The number of carbonyl (C=O) groups is 1. The number of hydrogen-bond acceptors (Lipinski definition) is 4. The van der Waals surface area contributed by atoms with Gasteiger partial charge in [-0.05, 0) is 44.5 Å². The van der Waals surface area contributed by atoms with Crippen LogP contribution in [0.4, 0.5) is 13.2 Å².